The molecule has 0 spiro atoms. The highest BCUT2D eigenvalue weighted by Crippen LogP contribution is 2.60. The molecule has 2 aromatic rings. The van der Waals surface area contributed by atoms with Gasteiger partial charge in [0, 0.05) is 0 Å². The topological polar surface area (TPSA) is 264 Å². The number of imidazole rings is 1. The highest BCUT2D eigenvalue weighted by molar-refractivity contribution is 7.64. The number of hydrogen-bond donors (Lipinski definition) is 2. The summed E-state index contributed by atoms with van der Waals surface area (Å²) in [5, 5.41) is 20.3. The van der Waals surface area contributed by atoms with Gasteiger partial charge in [-0.25, -0.2) is 19.3 Å². The molecule has 1 aliphatic rings. The van der Waals surface area contributed by atoms with Gasteiger partial charge >= 0.3 is 0 Å². The van der Waals surface area contributed by atoms with Crippen LogP contribution in [0.5, 0.6) is 0 Å². The number of phosphoric acid groups is 3. The highest BCUT2D eigenvalue weighted by Gasteiger charge is 2.45. The van der Waals surface area contributed by atoms with Gasteiger partial charge in [0.05, 0.1) is 20.8 Å². The number of rotatable bonds is 8. The lowest BCUT2D eigenvalue weighted by Gasteiger charge is -2.37. The second-order valence-electron chi connectivity index (χ2n) is 5.84. The SMILES string of the molecule is O=P([O-])([O-])OP(=O)([O-])OP(=O)([O-])OCC1OC(n2cnc3c(Cl)ncnc32)C(O)C1O. The number of hydrogen-bond acceptors (Lipinski definition) is 16. The Morgan fingerprint density at radius 2 is 1.74 bits per heavy atom. The van der Waals surface area contributed by atoms with Crippen molar-refractivity contribution in [1.29, 1.82) is 0 Å². The van der Waals surface area contributed by atoms with Crippen molar-refractivity contribution < 1.29 is 61.4 Å². The molecule has 2 N–H and O–H groups in total. The predicted molar refractivity (Wildman–Crippen MR) is 87.2 cm³/mol. The van der Waals surface area contributed by atoms with Crippen LogP contribution in [0.4, 0.5) is 0 Å². The molecule has 174 valence electrons. The molecular formula is C10H10ClN4O13P3-4. The lowest BCUT2D eigenvalue weighted by atomic mass is 10.1. The van der Waals surface area contributed by atoms with Crippen LogP contribution in [0.15, 0.2) is 12.7 Å². The Balaban J connectivity index is 1.69. The Kier molecular flexibility index (Phi) is 7.04. The molecule has 21 heteroatoms. The lowest BCUT2D eigenvalue weighted by Crippen LogP contribution is -2.34. The quantitative estimate of drug-likeness (QED) is 0.257. The molecule has 0 radical (unpaired) electrons. The van der Waals surface area contributed by atoms with Gasteiger partial charge in [-0.1, -0.05) is 11.6 Å². The summed E-state index contributed by atoms with van der Waals surface area (Å²) in [7, 11) is -18.1. The average molecular weight is 523 g/mol. The van der Waals surface area contributed by atoms with Crippen LogP contribution in [0, 0.1) is 0 Å². The largest absolute Gasteiger partial charge is 0.790 e. The first-order chi connectivity index (χ1) is 14.2. The van der Waals surface area contributed by atoms with E-state index >= 15 is 0 Å². The molecule has 0 amide bonds. The van der Waals surface area contributed by atoms with Crippen LogP contribution >= 0.6 is 35.1 Å². The molecule has 17 nitrogen and oxygen atoms in total. The van der Waals surface area contributed by atoms with Gasteiger partial charge in [-0.15, -0.1) is 0 Å². The maximum atomic E-state index is 11.6. The molecule has 0 aliphatic carbocycles. The van der Waals surface area contributed by atoms with E-state index in [4.69, 9.17) is 16.3 Å². The van der Waals surface area contributed by atoms with Crippen molar-refractivity contribution in [2.24, 2.45) is 0 Å². The predicted octanol–water partition coefficient (Wildman–Crippen LogP) is -3.09. The summed E-state index contributed by atoms with van der Waals surface area (Å²) in [5.41, 5.74) is 0.256. The minimum Gasteiger partial charge on any atom is -0.790 e. The third-order valence-electron chi connectivity index (χ3n) is 3.72. The number of aliphatic hydroxyl groups excluding tert-OH is 2. The van der Waals surface area contributed by atoms with E-state index in [1.165, 1.54) is 4.57 Å². The minimum absolute atomic E-state index is 0.00826. The zero-order valence-electron chi connectivity index (χ0n) is 14.6. The monoisotopic (exact) mass is 522 g/mol. The van der Waals surface area contributed by atoms with Crippen molar-refractivity contribution in [1.82, 2.24) is 19.5 Å². The van der Waals surface area contributed by atoms with Crippen molar-refractivity contribution in [3.8, 4) is 0 Å². The number of ether oxygens (including phenoxy) is 1. The number of nitrogens with zero attached hydrogens (tertiary/aromatic N) is 4. The number of phosphoric ester groups is 1. The van der Waals surface area contributed by atoms with Crippen LogP contribution in [0.1, 0.15) is 6.23 Å². The van der Waals surface area contributed by atoms with Gasteiger partial charge in [0.1, 0.15) is 30.2 Å². The molecule has 2 aromatic heterocycles. The molecule has 0 aromatic carbocycles. The third kappa shape index (κ3) is 5.93. The number of aromatic nitrogens is 4. The second kappa shape index (κ2) is 8.82. The van der Waals surface area contributed by atoms with Crippen LogP contribution in [0.3, 0.4) is 0 Å². The zero-order valence-corrected chi connectivity index (χ0v) is 18.0. The molecule has 0 bridgehead atoms. The average Bonchev–Trinajstić information content (AvgIpc) is 3.13. The number of aliphatic hydroxyl groups is 2. The molecule has 3 rings (SSSR count). The molecule has 0 saturated carbocycles. The number of fused-ring (bicyclic) bond motifs is 1. The minimum atomic E-state index is -6.14. The third-order valence-corrected chi connectivity index (χ3v) is 7.66. The number of halogens is 1. The Labute approximate surface area is 176 Å². The Morgan fingerprint density at radius 3 is 2.39 bits per heavy atom. The molecular weight excluding hydrogens is 513 g/mol. The molecule has 1 saturated heterocycles. The fourth-order valence-corrected chi connectivity index (χ4v) is 5.60. The van der Waals surface area contributed by atoms with E-state index < -0.39 is 54.6 Å². The Morgan fingerprint density at radius 1 is 1.06 bits per heavy atom. The van der Waals surface area contributed by atoms with Crippen molar-refractivity contribution in [3.05, 3.63) is 17.8 Å². The van der Waals surface area contributed by atoms with Gasteiger partial charge in [-0.2, -0.15) is 0 Å². The summed E-state index contributed by atoms with van der Waals surface area (Å²) in [6, 6.07) is 0. The van der Waals surface area contributed by atoms with Crippen molar-refractivity contribution in [3.63, 3.8) is 0 Å². The first-order valence-corrected chi connectivity index (χ1v) is 12.5. The van der Waals surface area contributed by atoms with Crippen molar-refractivity contribution >= 4 is 46.2 Å². The van der Waals surface area contributed by atoms with E-state index in [2.05, 4.69) is 28.1 Å². The standard InChI is InChI=1S/C10H14ClN4O13P3/c11-8-5-9(13-2-12-8)15(3-14-5)10-7(17)6(16)4(26-10)1-25-30(21,22)28-31(23,24)27-29(18,19)20/h2-4,6-7,10,16-17H,1H2,(H,21,22)(H,23,24)(H2,18,19,20)/p-4. The van der Waals surface area contributed by atoms with Crippen LogP contribution in [-0.4, -0.2) is 54.7 Å². The summed E-state index contributed by atoms with van der Waals surface area (Å²) in [4.78, 5) is 54.9. The Bertz CT molecular complexity index is 1110. The maximum Gasteiger partial charge on any atom is 0.278 e. The van der Waals surface area contributed by atoms with Crippen LogP contribution in [0.25, 0.3) is 11.2 Å². The summed E-state index contributed by atoms with van der Waals surface area (Å²) >= 11 is 5.87. The lowest BCUT2D eigenvalue weighted by molar-refractivity contribution is -0.339. The fourth-order valence-electron chi connectivity index (χ4n) is 2.55. The fraction of sp³-hybridized carbons (Fsp3) is 0.500. The molecule has 31 heavy (non-hydrogen) atoms. The molecule has 1 fully saturated rings. The summed E-state index contributed by atoms with van der Waals surface area (Å²) in [6.45, 7) is -1.08. The van der Waals surface area contributed by atoms with Gasteiger partial charge in [0.2, 0.25) is 0 Å². The van der Waals surface area contributed by atoms with E-state index in [-0.39, 0.29) is 16.3 Å². The summed E-state index contributed by atoms with van der Waals surface area (Å²) in [6.07, 6.45) is -4.01. The van der Waals surface area contributed by atoms with E-state index in [1.807, 2.05) is 0 Å². The molecule has 6 unspecified atom stereocenters. The summed E-state index contributed by atoms with van der Waals surface area (Å²) < 4.78 is 50.2. The van der Waals surface area contributed by atoms with Gasteiger partial charge < -0.3 is 43.6 Å². The normalized spacial score (nSPS) is 28.5. The van der Waals surface area contributed by atoms with Crippen LogP contribution in [-0.2, 0) is 31.6 Å². The first-order valence-electron chi connectivity index (χ1n) is 7.75. The van der Waals surface area contributed by atoms with Crippen molar-refractivity contribution in [2.45, 2.75) is 24.5 Å². The van der Waals surface area contributed by atoms with E-state index in [1.54, 1.807) is 0 Å². The van der Waals surface area contributed by atoms with Gasteiger partial charge in [-0.05, 0) is 0 Å². The second-order valence-corrected chi connectivity index (χ2v) is 10.4. The molecule has 3 heterocycles. The van der Waals surface area contributed by atoms with Crippen LogP contribution in [0.2, 0.25) is 5.15 Å². The van der Waals surface area contributed by atoms with E-state index in [0.717, 1.165) is 12.7 Å². The van der Waals surface area contributed by atoms with E-state index in [9.17, 15) is 43.5 Å². The molecule has 6 atom stereocenters. The maximum absolute atomic E-state index is 11.6. The first kappa shape index (κ1) is 24.8. The zero-order chi connectivity index (χ0) is 23.2. The van der Waals surface area contributed by atoms with E-state index in [0.29, 0.717) is 0 Å². The van der Waals surface area contributed by atoms with Gasteiger partial charge in [0.25, 0.3) is 15.6 Å². The summed E-state index contributed by atoms with van der Waals surface area (Å²) in [5.74, 6) is 0. The van der Waals surface area contributed by atoms with Crippen molar-refractivity contribution in [2.75, 3.05) is 6.61 Å². The van der Waals surface area contributed by atoms with Gasteiger partial charge in [-0.3, -0.25) is 18.0 Å². The highest BCUT2D eigenvalue weighted by atomic mass is 35.5. The molecule has 1 aliphatic heterocycles. The smallest absolute Gasteiger partial charge is 0.278 e. The van der Waals surface area contributed by atoms with Gasteiger partial charge in [0.15, 0.2) is 17.0 Å². The Hall–Kier alpha value is -0.870. The van der Waals surface area contributed by atoms with Crippen LogP contribution < -0.4 is 19.6 Å².